The average Bonchev–Trinajstić information content (AvgIpc) is 4.05. The number of aromatic nitrogens is 12. The lowest BCUT2D eigenvalue weighted by Crippen LogP contribution is -2.19. The van der Waals surface area contributed by atoms with Crippen molar-refractivity contribution in [3.63, 3.8) is 0 Å². The minimum atomic E-state index is -0.0245. The Labute approximate surface area is 302 Å². The van der Waals surface area contributed by atoms with E-state index in [0.717, 1.165) is 115 Å². The van der Waals surface area contributed by atoms with Gasteiger partial charge in [-0.3, -0.25) is 15.1 Å². The normalized spacial score (nSPS) is 14.5. The Morgan fingerprint density at radius 2 is 1.26 bits per heavy atom. The number of rotatable bonds is 5. The highest BCUT2D eigenvalue weighted by molar-refractivity contribution is 6.01. The Kier molecular flexibility index (Phi) is 8.08. The van der Waals surface area contributed by atoms with E-state index in [1.54, 1.807) is 18.9 Å². The number of nitrogens with one attached hydrogen (secondary N) is 5. The molecule has 0 aliphatic carbocycles. The molecule has 8 aromatic heterocycles. The molecule has 1 saturated heterocycles. The minimum absolute atomic E-state index is 0. The summed E-state index contributed by atoms with van der Waals surface area (Å²) in [6.07, 6.45) is 21.5. The number of aromatic amines is 5. The van der Waals surface area contributed by atoms with Crippen LogP contribution in [0.15, 0.2) is 111 Å². The number of hydrogen-bond acceptors (Lipinski definition) is 7. The third-order valence-electron chi connectivity index (χ3n) is 9.78. The van der Waals surface area contributed by atoms with Crippen LogP contribution in [0.1, 0.15) is 32.9 Å². The number of nitrogens with zero attached hydrogens (tertiary/aromatic N) is 7. The van der Waals surface area contributed by atoms with E-state index in [-0.39, 0.29) is 13.7 Å². The first-order valence-electron chi connectivity index (χ1n) is 17.2. The summed E-state index contributed by atoms with van der Waals surface area (Å²) in [6, 6.07) is 16.9. The van der Waals surface area contributed by atoms with Gasteiger partial charge in [0.2, 0.25) is 0 Å². The van der Waals surface area contributed by atoms with Gasteiger partial charge in [0.15, 0.2) is 6.23 Å². The van der Waals surface area contributed by atoms with Crippen LogP contribution in [-0.4, -0.2) is 66.5 Å². The van der Waals surface area contributed by atoms with Gasteiger partial charge in [-0.15, -0.1) is 0 Å². The summed E-state index contributed by atoms with van der Waals surface area (Å²) in [7, 11) is 0. The maximum absolute atomic E-state index is 6.03. The molecule has 0 bridgehead atoms. The molecule has 11 rings (SSSR count). The molecule has 1 fully saturated rings. The maximum Gasteiger partial charge on any atom is 0.150 e. The highest BCUT2D eigenvalue weighted by Gasteiger charge is 2.23. The molecule has 262 valence electrons. The average molecular weight is 701 g/mol. The first-order valence-corrected chi connectivity index (χ1v) is 17.2. The van der Waals surface area contributed by atoms with Crippen LogP contribution in [0.4, 0.5) is 0 Å². The molecule has 13 heteroatoms. The molecular weight excluding hydrogens is 665 g/mol. The summed E-state index contributed by atoms with van der Waals surface area (Å²) < 4.78 is 8.06. The quantitative estimate of drug-likeness (QED) is 0.119. The van der Waals surface area contributed by atoms with Crippen molar-refractivity contribution in [1.29, 1.82) is 0 Å². The van der Waals surface area contributed by atoms with Crippen molar-refractivity contribution >= 4 is 43.6 Å². The molecular formula is C40H36N12O. The van der Waals surface area contributed by atoms with Gasteiger partial charge in [-0.25, -0.2) is 14.6 Å². The SMILES string of the molecule is C.c1ncc(-c2n[nH]c3ccc(-c4cncc5[nH]ccc45)cc23)[nH]1.c1ncc(-c2nn(C3CCCCO3)c3ccc(-c4cncc5[nH]ccc45)cc23)[nH]1. The van der Waals surface area contributed by atoms with Crippen LogP contribution >= 0.6 is 0 Å². The highest BCUT2D eigenvalue weighted by atomic mass is 16.5. The molecule has 0 saturated carbocycles. The van der Waals surface area contributed by atoms with E-state index < -0.39 is 0 Å². The van der Waals surface area contributed by atoms with Crippen LogP contribution in [0.5, 0.6) is 0 Å². The summed E-state index contributed by atoms with van der Waals surface area (Å²) in [6.45, 7) is 0.782. The fourth-order valence-electron chi connectivity index (χ4n) is 7.22. The van der Waals surface area contributed by atoms with Gasteiger partial charge in [-0.2, -0.15) is 10.2 Å². The van der Waals surface area contributed by atoms with E-state index in [9.17, 15) is 0 Å². The predicted molar refractivity (Wildman–Crippen MR) is 207 cm³/mol. The lowest BCUT2D eigenvalue weighted by molar-refractivity contribution is -0.0365. The minimum Gasteiger partial charge on any atom is -0.360 e. The first kappa shape index (κ1) is 32.1. The molecule has 0 radical (unpaired) electrons. The zero-order valence-electron chi connectivity index (χ0n) is 27.8. The van der Waals surface area contributed by atoms with Gasteiger partial charge in [0.1, 0.15) is 11.4 Å². The van der Waals surface area contributed by atoms with E-state index in [1.165, 1.54) is 0 Å². The number of pyridine rings is 2. The second-order valence-corrected chi connectivity index (χ2v) is 12.9. The van der Waals surface area contributed by atoms with Crippen LogP contribution in [0.3, 0.4) is 0 Å². The predicted octanol–water partition coefficient (Wildman–Crippen LogP) is 8.80. The molecule has 1 atom stereocenters. The van der Waals surface area contributed by atoms with Gasteiger partial charge < -0.3 is 24.7 Å². The molecule has 0 spiro atoms. The zero-order chi connectivity index (χ0) is 34.4. The molecule has 13 nitrogen and oxygen atoms in total. The van der Waals surface area contributed by atoms with E-state index in [4.69, 9.17) is 9.84 Å². The Balaban J connectivity index is 0.000000141. The Morgan fingerprint density at radius 3 is 1.91 bits per heavy atom. The van der Waals surface area contributed by atoms with Crippen LogP contribution in [0.25, 0.3) is 88.6 Å². The molecule has 0 amide bonds. The van der Waals surface area contributed by atoms with E-state index in [2.05, 4.69) is 92.5 Å². The van der Waals surface area contributed by atoms with Gasteiger partial charge in [0.05, 0.1) is 70.9 Å². The smallest absolute Gasteiger partial charge is 0.150 e. The highest BCUT2D eigenvalue weighted by Crippen LogP contribution is 2.36. The molecule has 1 aliphatic rings. The van der Waals surface area contributed by atoms with Crippen LogP contribution < -0.4 is 0 Å². The van der Waals surface area contributed by atoms with Gasteiger partial charge >= 0.3 is 0 Å². The number of ether oxygens (including phenoxy) is 1. The lowest BCUT2D eigenvalue weighted by atomic mass is 10.0. The summed E-state index contributed by atoms with van der Waals surface area (Å²) in [5.74, 6) is 0. The number of fused-ring (bicyclic) bond motifs is 4. The molecule has 1 aliphatic heterocycles. The third-order valence-corrected chi connectivity index (χ3v) is 9.78. The molecule has 1 unspecified atom stereocenters. The Morgan fingerprint density at radius 1 is 0.604 bits per heavy atom. The van der Waals surface area contributed by atoms with Crippen molar-refractivity contribution < 1.29 is 4.74 Å². The lowest BCUT2D eigenvalue weighted by Gasteiger charge is -2.23. The topological polar surface area (TPSA) is 170 Å². The summed E-state index contributed by atoms with van der Waals surface area (Å²) in [5, 5.41) is 16.9. The second-order valence-electron chi connectivity index (χ2n) is 12.9. The standard InChI is InChI=1S/C22H20N6O.C17H12N6.CH4/c1-2-8-29-21(3-1)28-20-5-4-14(17-10-23-11-18-15(17)6-7-25-18)9-16(20)22(27-28)19-12-24-13-26-19;1-2-14-12(17(23-22-14)16-8-19-9-21-16)5-10(1)13-6-18-7-15-11(13)3-4-20-15;/h4-7,9-13,21,25H,1-3,8H2,(H,24,26);1-9,20H,(H,19,21)(H,22,23);1H4. The van der Waals surface area contributed by atoms with Crippen molar-refractivity contribution in [3.05, 3.63) is 111 Å². The van der Waals surface area contributed by atoms with Crippen molar-refractivity contribution in [1.82, 2.24) is 59.8 Å². The molecule has 53 heavy (non-hydrogen) atoms. The summed E-state index contributed by atoms with van der Waals surface area (Å²) in [5.41, 5.74) is 12.1. The van der Waals surface area contributed by atoms with Crippen molar-refractivity contribution in [2.24, 2.45) is 0 Å². The van der Waals surface area contributed by atoms with Crippen LogP contribution in [0.2, 0.25) is 0 Å². The van der Waals surface area contributed by atoms with Crippen molar-refractivity contribution in [2.45, 2.75) is 32.9 Å². The number of hydrogen-bond donors (Lipinski definition) is 5. The van der Waals surface area contributed by atoms with Gasteiger partial charge in [-0.1, -0.05) is 19.6 Å². The molecule has 5 N–H and O–H groups in total. The Hall–Kier alpha value is -6.86. The maximum atomic E-state index is 6.03. The van der Waals surface area contributed by atoms with E-state index in [1.807, 2.05) is 54.1 Å². The largest absolute Gasteiger partial charge is 0.360 e. The summed E-state index contributed by atoms with van der Waals surface area (Å²) >= 11 is 0. The summed E-state index contributed by atoms with van der Waals surface area (Å²) in [4.78, 5) is 29.7. The van der Waals surface area contributed by atoms with E-state index >= 15 is 0 Å². The Bertz CT molecular complexity index is 2800. The van der Waals surface area contributed by atoms with Crippen molar-refractivity contribution in [3.8, 4) is 45.0 Å². The van der Waals surface area contributed by atoms with Gasteiger partial charge in [0, 0.05) is 64.1 Å². The number of imidazole rings is 2. The van der Waals surface area contributed by atoms with Crippen LogP contribution in [0, 0.1) is 0 Å². The van der Waals surface area contributed by atoms with Crippen LogP contribution in [-0.2, 0) is 4.74 Å². The fourth-order valence-corrected chi connectivity index (χ4v) is 7.22. The molecule has 9 heterocycles. The second kappa shape index (κ2) is 13.4. The molecule has 2 aromatic carbocycles. The first-order chi connectivity index (χ1) is 25.8. The molecule has 10 aromatic rings. The van der Waals surface area contributed by atoms with Gasteiger partial charge in [0.25, 0.3) is 0 Å². The number of benzene rings is 2. The van der Waals surface area contributed by atoms with E-state index in [0.29, 0.717) is 0 Å². The zero-order valence-corrected chi connectivity index (χ0v) is 27.8. The number of H-pyrrole nitrogens is 5. The van der Waals surface area contributed by atoms with Gasteiger partial charge in [-0.05, 0) is 66.8 Å². The van der Waals surface area contributed by atoms with Crippen molar-refractivity contribution in [2.75, 3.05) is 6.61 Å². The monoisotopic (exact) mass is 700 g/mol. The fraction of sp³-hybridized carbons (Fsp3) is 0.150. The third kappa shape index (κ3) is 5.63.